The molecule has 0 spiro atoms. The smallest absolute Gasteiger partial charge is 0.188 e. The number of nitrogens with one attached hydrogen (secondary N) is 1. The molecule has 9 heteroatoms. The maximum absolute atomic E-state index is 10.9. The van der Waals surface area contributed by atoms with Crippen LogP contribution in [0, 0.1) is 0 Å². The summed E-state index contributed by atoms with van der Waals surface area (Å²) in [5.74, 6) is 1.59. The van der Waals surface area contributed by atoms with E-state index in [0.717, 1.165) is 5.56 Å². The van der Waals surface area contributed by atoms with E-state index in [9.17, 15) is 8.42 Å². The number of hydrogen-bond donors (Lipinski definition) is 2. The number of hydrogen-bond acceptors (Lipinski definition) is 6. The normalized spacial score (nSPS) is 12.0. The number of guanidine groups is 1. The summed E-state index contributed by atoms with van der Waals surface area (Å²) in [5.41, 5.74) is 6.70. The van der Waals surface area contributed by atoms with Gasteiger partial charge in [0.05, 0.1) is 39.7 Å². The molecule has 1 aromatic rings. The highest BCUT2D eigenvalue weighted by atomic mass is 32.2. The van der Waals surface area contributed by atoms with Crippen molar-refractivity contribution in [2.75, 3.05) is 46.0 Å². The number of rotatable bonds is 10. The second-order valence-electron chi connectivity index (χ2n) is 5.06. The number of aliphatic imine (C=N–C) groups is 1. The number of nitrogens with two attached hydrogens (primary N) is 1. The first kappa shape index (κ1) is 20.0. The lowest BCUT2D eigenvalue weighted by atomic mass is 10.2. The van der Waals surface area contributed by atoms with Gasteiger partial charge in [-0.05, 0) is 17.7 Å². The minimum Gasteiger partial charge on any atom is -0.493 e. The number of benzene rings is 1. The summed E-state index contributed by atoms with van der Waals surface area (Å²) < 4.78 is 37.5. The van der Waals surface area contributed by atoms with Crippen molar-refractivity contribution in [2.45, 2.75) is 6.54 Å². The average Bonchev–Trinajstić information content (AvgIpc) is 2.54. The molecule has 3 N–H and O–H groups in total. The van der Waals surface area contributed by atoms with Gasteiger partial charge in [-0.25, -0.2) is 13.4 Å². The van der Waals surface area contributed by atoms with Crippen LogP contribution in [0.5, 0.6) is 11.5 Å². The molecule has 1 aromatic carbocycles. The van der Waals surface area contributed by atoms with E-state index >= 15 is 0 Å². The molecule has 24 heavy (non-hydrogen) atoms. The Hall–Kier alpha value is -2.00. The van der Waals surface area contributed by atoms with Gasteiger partial charge in [0.25, 0.3) is 0 Å². The van der Waals surface area contributed by atoms with Crippen molar-refractivity contribution in [1.29, 1.82) is 0 Å². The Kier molecular flexibility index (Phi) is 8.34. The third-order valence-corrected chi connectivity index (χ3v) is 3.94. The van der Waals surface area contributed by atoms with Gasteiger partial charge in [-0.15, -0.1) is 0 Å². The molecular formula is C15H25N3O5S. The molecule has 0 aliphatic carbocycles. The fraction of sp³-hybridized carbons (Fsp3) is 0.533. The van der Waals surface area contributed by atoms with E-state index in [2.05, 4.69) is 10.3 Å². The molecule has 0 bridgehead atoms. The van der Waals surface area contributed by atoms with Gasteiger partial charge in [-0.1, -0.05) is 6.07 Å². The zero-order chi connectivity index (χ0) is 18.0. The molecular weight excluding hydrogens is 334 g/mol. The lowest BCUT2D eigenvalue weighted by Gasteiger charge is -2.09. The minimum atomic E-state index is -2.99. The van der Waals surface area contributed by atoms with Gasteiger partial charge in [0.15, 0.2) is 17.5 Å². The summed E-state index contributed by atoms with van der Waals surface area (Å²) >= 11 is 0. The van der Waals surface area contributed by atoms with Crippen LogP contribution < -0.4 is 20.5 Å². The van der Waals surface area contributed by atoms with Crippen molar-refractivity contribution in [3.8, 4) is 11.5 Å². The summed E-state index contributed by atoms with van der Waals surface area (Å²) in [5, 5.41) is 2.90. The van der Waals surface area contributed by atoms with Crippen molar-refractivity contribution in [1.82, 2.24) is 5.32 Å². The first-order valence-corrected chi connectivity index (χ1v) is 9.42. The molecule has 0 unspecified atom stereocenters. The second kappa shape index (κ2) is 9.99. The molecule has 0 aromatic heterocycles. The molecule has 0 saturated heterocycles. The van der Waals surface area contributed by atoms with Gasteiger partial charge in [-0.3, -0.25) is 0 Å². The fourth-order valence-corrected chi connectivity index (χ4v) is 2.20. The van der Waals surface area contributed by atoms with E-state index in [1.165, 1.54) is 6.26 Å². The van der Waals surface area contributed by atoms with Crippen LogP contribution in [0.2, 0.25) is 0 Å². The van der Waals surface area contributed by atoms with Crippen LogP contribution in [0.25, 0.3) is 0 Å². The van der Waals surface area contributed by atoms with E-state index in [1.54, 1.807) is 14.2 Å². The summed E-state index contributed by atoms with van der Waals surface area (Å²) in [6.07, 6.45) is 1.17. The van der Waals surface area contributed by atoms with Gasteiger partial charge in [0.2, 0.25) is 0 Å². The Morgan fingerprint density at radius 2 is 1.92 bits per heavy atom. The molecule has 0 aliphatic rings. The highest BCUT2D eigenvalue weighted by molar-refractivity contribution is 7.90. The van der Waals surface area contributed by atoms with E-state index in [-0.39, 0.29) is 18.3 Å². The van der Waals surface area contributed by atoms with E-state index < -0.39 is 9.84 Å². The summed E-state index contributed by atoms with van der Waals surface area (Å²) in [4.78, 5) is 4.22. The topological polar surface area (TPSA) is 112 Å². The highest BCUT2D eigenvalue weighted by Gasteiger charge is 2.04. The highest BCUT2D eigenvalue weighted by Crippen LogP contribution is 2.27. The van der Waals surface area contributed by atoms with Crippen molar-refractivity contribution in [3.63, 3.8) is 0 Å². The van der Waals surface area contributed by atoms with Crippen molar-refractivity contribution < 1.29 is 22.6 Å². The molecule has 0 saturated carbocycles. The van der Waals surface area contributed by atoms with Gasteiger partial charge in [0, 0.05) is 12.8 Å². The molecule has 0 fully saturated rings. The van der Waals surface area contributed by atoms with Gasteiger partial charge >= 0.3 is 0 Å². The SMILES string of the molecule is COc1ccc(CN=C(N)NCCOCCS(C)(=O)=O)cc1OC. The Morgan fingerprint density at radius 3 is 2.54 bits per heavy atom. The van der Waals surface area contributed by atoms with E-state index in [4.69, 9.17) is 19.9 Å². The largest absolute Gasteiger partial charge is 0.493 e. The molecule has 0 amide bonds. The maximum atomic E-state index is 10.9. The Labute approximate surface area is 142 Å². The molecule has 8 nitrogen and oxygen atoms in total. The standard InChI is InChI=1S/C15H25N3O5S/c1-21-13-5-4-12(10-14(13)22-2)11-18-15(16)17-6-7-23-8-9-24(3,19)20/h4-5,10H,6-9,11H2,1-3H3,(H3,16,17,18). The Morgan fingerprint density at radius 1 is 1.21 bits per heavy atom. The minimum absolute atomic E-state index is 0.00980. The van der Waals surface area contributed by atoms with Crippen molar-refractivity contribution in [2.24, 2.45) is 10.7 Å². The number of nitrogens with zero attached hydrogens (tertiary/aromatic N) is 1. The molecule has 0 heterocycles. The number of sulfone groups is 1. The van der Waals surface area contributed by atoms with Crippen LogP contribution in [0.4, 0.5) is 0 Å². The summed E-state index contributed by atoms with van der Waals surface area (Å²) in [7, 11) is 0.162. The first-order valence-electron chi connectivity index (χ1n) is 7.36. The van der Waals surface area contributed by atoms with E-state index in [1.807, 2.05) is 18.2 Å². The monoisotopic (exact) mass is 359 g/mol. The zero-order valence-corrected chi connectivity index (χ0v) is 15.1. The third-order valence-electron chi connectivity index (χ3n) is 3.03. The summed E-state index contributed by atoms with van der Waals surface area (Å²) in [6, 6.07) is 5.53. The Bertz CT molecular complexity index is 647. The molecule has 0 aliphatic heterocycles. The van der Waals surface area contributed by atoms with Crippen LogP contribution >= 0.6 is 0 Å². The van der Waals surface area contributed by atoms with E-state index in [0.29, 0.717) is 31.2 Å². The third kappa shape index (κ3) is 8.02. The van der Waals surface area contributed by atoms with Crippen LogP contribution in [-0.4, -0.2) is 60.4 Å². The number of methoxy groups -OCH3 is 2. The molecule has 0 radical (unpaired) electrons. The molecule has 0 atom stereocenters. The zero-order valence-electron chi connectivity index (χ0n) is 14.2. The van der Waals surface area contributed by atoms with Crippen LogP contribution in [0.1, 0.15) is 5.56 Å². The molecule has 1 rings (SSSR count). The predicted molar refractivity (Wildman–Crippen MR) is 93.4 cm³/mol. The van der Waals surface area contributed by atoms with Gasteiger partial charge in [0.1, 0.15) is 9.84 Å². The van der Waals surface area contributed by atoms with Crippen LogP contribution in [-0.2, 0) is 21.1 Å². The lowest BCUT2D eigenvalue weighted by Crippen LogP contribution is -2.34. The van der Waals surface area contributed by atoms with Crippen molar-refractivity contribution >= 4 is 15.8 Å². The summed E-state index contributed by atoms with van der Waals surface area (Å²) in [6.45, 7) is 1.37. The molecule has 136 valence electrons. The van der Waals surface area contributed by atoms with Crippen LogP contribution in [0.15, 0.2) is 23.2 Å². The Balaban J connectivity index is 2.34. The maximum Gasteiger partial charge on any atom is 0.188 e. The first-order chi connectivity index (χ1) is 11.4. The second-order valence-corrected chi connectivity index (χ2v) is 7.32. The van der Waals surface area contributed by atoms with Crippen molar-refractivity contribution in [3.05, 3.63) is 23.8 Å². The van der Waals surface area contributed by atoms with Gasteiger partial charge in [-0.2, -0.15) is 0 Å². The predicted octanol–water partition coefficient (Wildman–Crippen LogP) is 0.169. The average molecular weight is 359 g/mol. The van der Waals surface area contributed by atoms with Gasteiger partial charge < -0.3 is 25.3 Å². The van der Waals surface area contributed by atoms with Crippen LogP contribution in [0.3, 0.4) is 0 Å². The quantitative estimate of drug-likeness (QED) is 0.348. The number of ether oxygens (including phenoxy) is 3. The fourth-order valence-electron chi connectivity index (χ4n) is 1.77. The lowest BCUT2D eigenvalue weighted by molar-refractivity contribution is 0.154.